The Bertz CT molecular complexity index is 821. The van der Waals surface area contributed by atoms with Crippen molar-refractivity contribution in [2.45, 2.75) is 19.0 Å². The number of benzene rings is 1. The lowest BCUT2D eigenvalue weighted by atomic mass is 10.1. The molecule has 1 aromatic heterocycles. The average Bonchev–Trinajstić information content (AvgIpc) is 3.16. The molecule has 1 aliphatic rings. The summed E-state index contributed by atoms with van der Waals surface area (Å²) in [5, 5.41) is 5.93. The average molecular weight is 479 g/mol. The molecule has 2 heterocycles. The Labute approximate surface area is 184 Å². The first-order chi connectivity index (χ1) is 13.9. The van der Waals surface area contributed by atoms with Crippen molar-refractivity contribution in [3.8, 4) is 0 Å². The van der Waals surface area contributed by atoms with E-state index in [1.54, 1.807) is 13.0 Å². The second-order valence-corrected chi connectivity index (χ2v) is 9.84. The predicted octanol–water partition coefficient (Wildman–Crippen LogP) is 2.73. The van der Waals surface area contributed by atoms with E-state index in [2.05, 4.69) is 43.4 Å². The summed E-state index contributed by atoms with van der Waals surface area (Å²) in [5.74, 6) is -0.421. The molecule has 0 saturated carbocycles. The van der Waals surface area contributed by atoms with Gasteiger partial charge in [0, 0.05) is 32.7 Å². The fraction of sp³-hybridized carbons (Fsp3) is 0.429. The van der Waals surface area contributed by atoms with Crippen LogP contribution in [0.3, 0.4) is 0 Å². The molecule has 0 bridgehead atoms. The van der Waals surface area contributed by atoms with Gasteiger partial charge in [0.1, 0.15) is 6.04 Å². The number of piperazine rings is 1. The number of amides is 2. The molecule has 0 spiro atoms. The van der Waals surface area contributed by atoms with Crippen LogP contribution in [-0.2, 0) is 4.79 Å². The molecule has 1 aromatic carbocycles. The van der Waals surface area contributed by atoms with Gasteiger partial charge in [-0.2, -0.15) is 0 Å². The van der Waals surface area contributed by atoms with Crippen LogP contribution in [0, 0.1) is 0 Å². The lowest BCUT2D eigenvalue weighted by Gasteiger charge is -2.35. The third kappa shape index (κ3) is 6.37. The summed E-state index contributed by atoms with van der Waals surface area (Å²) in [6.07, 6.45) is 0. The number of nitrogens with one attached hydrogen (secondary N) is 2. The van der Waals surface area contributed by atoms with Crippen LogP contribution in [0.4, 0.5) is 0 Å². The number of rotatable bonds is 7. The normalized spacial score (nSPS) is 17.5. The van der Waals surface area contributed by atoms with Crippen molar-refractivity contribution in [1.29, 1.82) is 0 Å². The minimum absolute atomic E-state index is 0.123. The minimum Gasteiger partial charge on any atom is -0.346 e. The highest BCUT2D eigenvalue weighted by Crippen LogP contribution is 2.22. The van der Waals surface area contributed by atoms with Crippen molar-refractivity contribution in [3.63, 3.8) is 0 Å². The quantitative estimate of drug-likeness (QED) is 0.641. The molecule has 0 radical (unpaired) electrons. The smallest absolute Gasteiger partial charge is 0.262 e. The van der Waals surface area contributed by atoms with E-state index in [9.17, 15) is 9.59 Å². The van der Waals surface area contributed by atoms with E-state index in [0.717, 1.165) is 42.1 Å². The summed E-state index contributed by atoms with van der Waals surface area (Å²) in [7, 11) is 2.13. The zero-order valence-electron chi connectivity index (χ0n) is 16.7. The Morgan fingerprint density at radius 3 is 2.38 bits per heavy atom. The van der Waals surface area contributed by atoms with Crippen LogP contribution in [-0.4, -0.2) is 67.4 Å². The highest BCUT2D eigenvalue weighted by Gasteiger charge is 2.24. The first-order valence-electron chi connectivity index (χ1n) is 9.75. The van der Waals surface area contributed by atoms with E-state index in [-0.39, 0.29) is 17.9 Å². The third-order valence-corrected chi connectivity index (χ3v) is 6.72. The molecule has 1 fully saturated rings. The molecular weight excluding hydrogens is 452 g/mol. The van der Waals surface area contributed by atoms with E-state index in [0.29, 0.717) is 4.88 Å². The molecule has 0 aliphatic carbocycles. The molecule has 29 heavy (non-hydrogen) atoms. The summed E-state index contributed by atoms with van der Waals surface area (Å²) in [6, 6.07) is 12.8. The van der Waals surface area contributed by atoms with Gasteiger partial charge in [0.05, 0.1) is 14.7 Å². The number of hydrogen-bond acceptors (Lipinski definition) is 5. The van der Waals surface area contributed by atoms with Crippen LogP contribution >= 0.6 is 27.3 Å². The number of thiophene rings is 1. The van der Waals surface area contributed by atoms with Crippen LogP contribution in [0.15, 0.2) is 46.3 Å². The highest BCUT2D eigenvalue weighted by atomic mass is 79.9. The maximum atomic E-state index is 12.8. The van der Waals surface area contributed by atoms with Crippen molar-refractivity contribution >= 4 is 39.1 Å². The third-order valence-electron chi connectivity index (χ3n) is 5.09. The monoisotopic (exact) mass is 478 g/mol. The maximum absolute atomic E-state index is 12.8. The molecular formula is C21H27BrN4O2S. The van der Waals surface area contributed by atoms with Gasteiger partial charge in [0.2, 0.25) is 5.91 Å². The lowest BCUT2D eigenvalue weighted by molar-refractivity contribution is -0.123. The topological polar surface area (TPSA) is 64.7 Å². The van der Waals surface area contributed by atoms with E-state index in [1.165, 1.54) is 11.3 Å². The Morgan fingerprint density at radius 1 is 1.07 bits per heavy atom. The lowest BCUT2D eigenvalue weighted by Crippen LogP contribution is -2.50. The van der Waals surface area contributed by atoms with E-state index in [1.807, 2.05) is 36.4 Å². The van der Waals surface area contributed by atoms with Crippen molar-refractivity contribution in [2.75, 3.05) is 39.8 Å². The van der Waals surface area contributed by atoms with Crippen LogP contribution in [0.25, 0.3) is 0 Å². The van der Waals surface area contributed by atoms with Crippen LogP contribution in [0.2, 0.25) is 0 Å². The van der Waals surface area contributed by atoms with Gasteiger partial charge < -0.3 is 15.5 Å². The van der Waals surface area contributed by atoms with Crippen LogP contribution < -0.4 is 10.6 Å². The second-order valence-electron chi connectivity index (χ2n) is 7.37. The summed E-state index contributed by atoms with van der Waals surface area (Å²) >= 11 is 4.70. The fourth-order valence-electron chi connectivity index (χ4n) is 3.27. The van der Waals surface area contributed by atoms with Gasteiger partial charge in [-0.1, -0.05) is 30.3 Å². The predicted molar refractivity (Wildman–Crippen MR) is 120 cm³/mol. The van der Waals surface area contributed by atoms with E-state index < -0.39 is 6.04 Å². The summed E-state index contributed by atoms with van der Waals surface area (Å²) in [4.78, 5) is 30.5. The fourth-order valence-corrected chi connectivity index (χ4v) is 4.56. The van der Waals surface area contributed by atoms with Crippen molar-refractivity contribution < 1.29 is 9.59 Å². The zero-order chi connectivity index (χ0) is 20.8. The summed E-state index contributed by atoms with van der Waals surface area (Å²) in [6.45, 7) is 6.48. The molecule has 3 rings (SSSR count). The van der Waals surface area contributed by atoms with Gasteiger partial charge in [-0.3, -0.25) is 14.5 Å². The van der Waals surface area contributed by atoms with Gasteiger partial charge in [0.25, 0.3) is 5.91 Å². The number of halogens is 1. The van der Waals surface area contributed by atoms with E-state index in [4.69, 9.17) is 0 Å². The minimum atomic E-state index is -0.623. The van der Waals surface area contributed by atoms with Gasteiger partial charge in [0.15, 0.2) is 0 Å². The van der Waals surface area contributed by atoms with Gasteiger partial charge in [-0.15, -0.1) is 11.3 Å². The Hall–Kier alpha value is -1.74. The number of carbonyl (C=O) groups excluding carboxylic acids is 2. The number of hydrogen-bond donors (Lipinski definition) is 2. The molecule has 6 nitrogen and oxygen atoms in total. The molecule has 1 aliphatic heterocycles. The van der Waals surface area contributed by atoms with E-state index >= 15 is 0 Å². The molecule has 2 atom stereocenters. The second kappa shape index (κ2) is 10.3. The van der Waals surface area contributed by atoms with Crippen molar-refractivity contribution in [1.82, 2.24) is 20.4 Å². The Balaban J connectivity index is 1.63. The van der Waals surface area contributed by atoms with Gasteiger partial charge in [-0.25, -0.2) is 0 Å². The Kier molecular flexibility index (Phi) is 7.83. The molecule has 1 saturated heterocycles. The van der Waals surface area contributed by atoms with Gasteiger partial charge >= 0.3 is 0 Å². The standard InChI is InChI=1S/C21H27BrN4O2S/c1-15(23-21(28)18-8-9-19(22)29-18)20(27)24-17(16-6-4-3-5-7-16)14-26-12-10-25(2)11-13-26/h3-9,15,17H,10-14H2,1-2H3,(H,23,28)(H,24,27). The molecule has 8 heteroatoms. The van der Waals surface area contributed by atoms with Crippen LogP contribution in [0.1, 0.15) is 28.2 Å². The zero-order valence-corrected chi connectivity index (χ0v) is 19.1. The first kappa shape index (κ1) is 22.0. The molecule has 2 amide bonds. The molecule has 2 unspecified atom stereocenters. The van der Waals surface area contributed by atoms with Crippen molar-refractivity contribution in [2.24, 2.45) is 0 Å². The van der Waals surface area contributed by atoms with Crippen LogP contribution in [0.5, 0.6) is 0 Å². The first-order valence-corrected chi connectivity index (χ1v) is 11.4. The number of nitrogens with zero attached hydrogens (tertiary/aromatic N) is 2. The summed E-state index contributed by atoms with van der Waals surface area (Å²) < 4.78 is 0.885. The van der Waals surface area contributed by atoms with Gasteiger partial charge in [-0.05, 0) is 47.6 Å². The number of carbonyl (C=O) groups is 2. The molecule has 2 N–H and O–H groups in total. The largest absolute Gasteiger partial charge is 0.346 e. The molecule has 2 aromatic rings. The maximum Gasteiger partial charge on any atom is 0.262 e. The summed E-state index contributed by atoms with van der Waals surface area (Å²) in [5.41, 5.74) is 1.07. The highest BCUT2D eigenvalue weighted by molar-refractivity contribution is 9.11. The Morgan fingerprint density at radius 2 is 1.76 bits per heavy atom. The SMILES string of the molecule is CC(NC(=O)c1ccc(Br)s1)C(=O)NC(CN1CCN(C)CC1)c1ccccc1. The molecule has 156 valence electrons. The number of likely N-dealkylation sites (N-methyl/N-ethyl adjacent to an activating group) is 1. The van der Waals surface area contributed by atoms with Crippen molar-refractivity contribution in [3.05, 3.63) is 56.7 Å².